The molecule has 0 aliphatic carbocycles. The van der Waals surface area contributed by atoms with Crippen LogP contribution in [0.4, 0.5) is 0 Å². The normalized spacial score (nSPS) is 21.9. The molecule has 16 N–H and O–H groups in total. The second kappa shape index (κ2) is 33.5. The van der Waals surface area contributed by atoms with Crippen molar-refractivity contribution in [2.45, 2.75) is 179 Å². The number of hydrogen-bond donors (Lipinski definition) is 13. The monoisotopic (exact) mass is 1090 g/mol. The Morgan fingerprint density at radius 1 is 0.733 bits per heavy atom. The number of nitrogens with one attached hydrogen (secondary N) is 8. The molecule has 2 rings (SSSR count). The highest BCUT2D eigenvalue weighted by molar-refractivity contribution is 7.98. The summed E-state index contributed by atoms with van der Waals surface area (Å²) in [5.41, 5.74) is 19.3. The predicted molar refractivity (Wildman–Crippen MR) is 287 cm³/mol. The molecular weight excluding hydrogens is 1010 g/mol. The van der Waals surface area contributed by atoms with Gasteiger partial charge in [0, 0.05) is 29.4 Å². The number of carbonyl (C=O) groups is 10. The van der Waals surface area contributed by atoms with Crippen LogP contribution in [-0.2, 0) is 59.5 Å². The Kier molecular flexibility index (Phi) is 29.3. The quantitative estimate of drug-likeness (QED) is 0.0608. The number of thioether (sulfide) groups is 2. The van der Waals surface area contributed by atoms with E-state index in [0.717, 1.165) is 11.1 Å². The van der Waals surface area contributed by atoms with Crippen LogP contribution in [-0.4, -0.2) is 148 Å². The number of nitrogens with two attached hydrogens (primary N) is 3. The van der Waals surface area contributed by atoms with Gasteiger partial charge in [0.15, 0.2) is 0 Å². The highest BCUT2D eigenvalue weighted by Gasteiger charge is 2.36. The fourth-order valence-corrected chi connectivity index (χ4v) is 9.72. The van der Waals surface area contributed by atoms with Crippen molar-refractivity contribution < 1.29 is 58.2 Å². The number of aliphatic hydroxyl groups excluding tert-OH is 1. The molecule has 1 aliphatic heterocycles. The van der Waals surface area contributed by atoms with E-state index in [0.29, 0.717) is 30.8 Å². The van der Waals surface area contributed by atoms with Crippen molar-refractivity contribution in [1.82, 2.24) is 42.5 Å². The van der Waals surface area contributed by atoms with Crippen LogP contribution >= 0.6 is 23.5 Å². The van der Waals surface area contributed by atoms with E-state index in [1.807, 2.05) is 45.0 Å². The van der Waals surface area contributed by atoms with Crippen LogP contribution in [0.15, 0.2) is 24.3 Å². The van der Waals surface area contributed by atoms with E-state index in [4.69, 9.17) is 17.2 Å². The molecule has 0 aromatic heterocycles. The average molecular weight is 1090 g/mol. The Hall–Kier alpha value is -5.50. The number of hydrogen-bond acceptors (Lipinski definition) is 15. The molecule has 11 atom stereocenters. The first-order valence-electron chi connectivity index (χ1n) is 25.6. The van der Waals surface area contributed by atoms with Gasteiger partial charge < -0.3 is 69.9 Å². The van der Waals surface area contributed by atoms with E-state index in [-0.39, 0.29) is 55.1 Å². The van der Waals surface area contributed by atoms with Gasteiger partial charge in [-0.05, 0) is 87.8 Å². The molecule has 0 spiro atoms. The molecule has 0 saturated heterocycles. The zero-order chi connectivity index (χ0) is 56.5. The summed E-state index contributed by atoms with van der Waals surface area (Å²) < 4.78 is 0. The molecule has 2 bridgehead atoms. The van der Waals surface area contributed by atoms with E-state index in [2.05, 4.69) is 42.5 Å². The summed E-state index contributed by atoms with van der Waals surface area (Å²) in [6.45, 7) is 13.7. The van der Waals surface area contributed by atoms with E-state index < -0.39 is 132 Å². The molecular formula is C50H83N11O12S2. The van der Waals surface area contributed by atoms with Crippen molar-refractivity contribution in [3.63, 3.8) is 0 Å². The number of aliphatic carboxylic acids is 1. The Morgan fingerprint density at radius 2 is 1.32 bits per heavy atom. The zero-order valence-electron chi connectivity index (χ0n) is 44.5. The molecule has 0 fully saturated rings. The Bertz CT molecular complexity index is 2100. The molecule has 23 nitrogen and oxygen atoms in total. The lowest BCUT2D eigenvalue weighted by molar-refractivity contribution is -0.139. The predicted octanol–water partition coefficient (Wildman–Crippen LogP) is -0.610. The number of carbonyl (C=O) groups excluding carboxylic acids is 9. The number of primary amides is 1. The number of carboxylic acid groups (broad SMARTS) is 1. The van der Waals surface area contributed by atoms with Crippen LogP contribution in [0.1, 0.15) is 118 Å². The SMILES string of the molecule is CC[C@H](C)C(NC(=O)[C@H](CC(C)C)NC(=O)[C@H](CCCCN)NC(=O)[C@H](CCC(=O)O)NC(=O)[C@@H]1CSCc2cccc(c2)CSC[C@H](N)C(=O)N[C@@H](C)C(=O)N[C@@H]([C@@H](C)O)C(=O)N[C@@H](CC(C)C)C(=O)N1)C(N)=O. The lowest BCUT2D eigenvalue weighted by Gasteiger charge is -2.29. The second-order valence-corrected chi connectivity index (χ2v) is 22.0. The van der Waals surface area contributed by atoms with Crippen molar-refractivity contribution in [1.29, 1.82) is 0 Å². The summed E-state index contributed by atoms with van der Waals surface area (Å²) in [6.07, 6.45) is -1.01. The lowest BCUT2D eigenvalue weighted by Crippen LogP contribution is -2.62. The first kappa shape index (κ1) is 65.6. The number of unbranched alkanes of at least 4 members (excludes halogenated alkanes) is 1. The average Bonchev–Trinajstić information content (AvgIpc) is 3.33. The minimum absolute atomic E-state index is 0.0230. The number of rotatable bonds is 23. The van der Waals surface area contributed by atoms with Gasteiger partial charge in [-0.1, -0.05) is 72.2 Å². The standard InChI is InChI=1S/C50H83N11O12S2/c1-9-28(6)40(42(53)65)60-48(71)37(20-27(4)5)57-45(68)34(15-10-11-18-51)55-46(69)35(16-17-39(63)64)56-49(72)38-25-75-23-32-14-12-13-31(21-32)22-74-24-33(52)44(67)54-29(7)43(66)61-41(30(8)62)50(73)58-36(19-26(2)3)47(70)59-38/h12-14,21,26-30,33-38,40-41,62H,9-11,15-20,22-25,51-52H2,1-8H3,(H2,53,65)(H,54,67)(H,55,69)(H,56,72)(H,57,68)(H,58,73)(H,59,70)(H,60,71)(H,61,66)(H,63,64)/t28-,29-,30+,33-,34-,35-,36-,37-,38-,40?,41-/m0/s1. The number of carboxylic acids is 1. The van der Waals surface area contributed by atoms with Crippen LogP contribution in [0.25, 0.3) is 0 Å². The first-order chi connectivity index (χ1) is 35.3. The molecule has 25 heteroatoms. The number of amides is 9. The van der Waals surface area contributed by atoms with Crippen LogP contribution in [0.2, 0.25) is 0 Å². The van der Waals surface area contributed by atoms with Gasteiger partial charge in [-0.2, -0.15) is 23.5 Å². The number of benzene rings is 1. The molecule has 1 aromatic rings. The molecule has 75 heavy (non-hydrogen) atoms. The van der Waals surface area contributed by atoms with E-state index >= 15 is 0 Å². The van der Waals surface area contributed by atoms with Crippen molar-refractivity contribution >= 4 is 82.7 Å². The van der Waals surface area contributed by atoms with Gasteiger partial charge in [0.1, 0.15) is 48.3 Å². The minimum Gasteiger partial charge on any atom is -0.481 e. The van der Waals surface area contributed by atoms with Crippen LogP contribution < -0.4 is 59.7 Å². The van der Waals surface area contributed by atoms with Gasteiger partial charge in [-0.3, -0.25) is 47.9 Å². The summed E-state index contributed by atoms with van der Waals surface area (Å²) in [5, 5.41) is 41.2. The van der Waals surface area contributed by atoms with Gasteiger partial charge in [-0.15, -0.1) is 0 Å². The van der Waals surface area contributed by atoms with Gasteiger partial charge in [-0.25, -0.2) is 0 Å². The second-order valence-electron chi connectivity index (χ2n) is 20.0. The third kappa shape index (κ3) is 23.9. The molecule has 0 saturated carbocycles. The molecule has 9 amide bonds. The van der Waals surface area contributed by atoms with E-state index in [1.165, 1.54) is 37.4 Å². The molecule has 1 unspecified atom stereocenters. The molecule has 1 heterocycles. The fourth-order valence-electron chi connectivity index (χ4n) is 7.77. The molecule has 0 radical (unpaired) electrons. The van der Waals surface area contributed by atoms with Gasteiger partial charge in [0.05, 0.1) is 12.1 Å². The third-order valence-electron chi connectivity index (χ3n) is 12.3. The van der Waals surface area contributed by atoms with Crippen LogP contribution in [0.5, 0.6) is 0 Å². The van der Waals surface area contributed by atoms with Gasteiger partial charge >= 0.3 is 5.97 Å². The molecule has 1 aliphatic rings. The van der Waals surface area contributed by atoms with E-state index in [1.54, 1.807) is 20.8 Å². The van der Waals surface area contributed by atoms with Crippen molar-refractivity contribution in [2.75, 3.05) is 18.1 Å². The van der Waals surface area contributed by atoms with Crippen molar-refractivity contribution in [3.05, 3.63) is 35.4 Å². The maximum atomic E-state index is 14.5. The fraction of sp³-hybridized carbons (Fsp3) is 0.680. The van der Waals surface area contributed by atoms with E-state index in [9.17, 15) is 58.2 Å². The topological polar surface area (TPSA) is 385 Å². The first-order valence-corrected chi connectivity index (χ1v) is 27.9. The maximum absolute atomic E-state index is 14.5. The maximum Gasteiger partial charge on any atom is 0.303 e. The van der Waals surface area contributed by atoms with Crippen LogP contribution in [0, 0.1) is 17.8 Å². The third-order valence-corrected chi connectivity index (χ3v) is 14.5. The molecule has 1 aromatic carbocycles. The highest BCUT2D eigenvalue weighted by Crippen LogP contribution is 2.20. The summed E-state index contributed by atoms with van der Waals surface area (Å²) in [4.78, 5) is 135. The largest absolute Gasteiger partial charge is 0.481 e. The minimum atomic E-state index is -1.60. The summed E-state index contributed by atoms with van der Waals surface area (Å²) in [6, 6.07) is -4.06. The molecule has 422 valence electrons. The Morgan fingerprint density at radius 3 is 1.87 bits per heavy atom. The summed E-state index contributed by atoms with van der Waals surface area (Å²) in [7, 11) is 0. The zero-order valence-corrected chi connectivity index (χ0v) is 46.2. The van der Waals surface area contributed by atoms with Crippen molar-refractivity contribution in [2.24, 2.45) is 35.0 Å². The summed E-state index contributed by atoms with van der Waals surface area (Å²) >= 11 is 2.63. The highest BCUT2D eigenvalue weighted by atomic mass is 32.2. The van der Waals surface area contributed by atoms with Gasteiger partial charge in [0.2, 0.25) is 53.2 Å². The Labute approximate surface area is 448 Å². The van der Waals surface area contributed by atoms with Crippen LogP contribution in [0.3, 0.4) is 0 Å². The van der Waals surface area contributed by atoms with Gasteiger partial charge in [0.25, 0.3) is 0 Å². The summed E-state index contributed by atoms with van der Waals surface area (Å²) in [5.74, 6) is -8.28. The smallest absolute Gasteiger partial charge is 0.303 e. The lowest BCUT2D eigenvalue weighted by atomic mass is 9.97. The van der Waals surface area contributed by atoms with Crippen molar-refractivity contribution in [3.8, 4) is 0 Å². The number of aliphatic hydroxyl groups is 1. The number of fused-ring (bicyclic) bond motifs is 2. The Balaban J connectivity index is 2.60.